The maximum Gasteiger partial charge on any atom is 0.387 e. The molecular weight excluding hydrogens is 360 g/mol. The van der Waals surface area contributed by atoms with Crippen LogP contribution in [-0.2, 0) is 9.53 Å². The summed E-state index contributed by atoms with van der Waals surface area (Å²) in [6.07, 6.45) is 0. The van der Waals surface area contributed by atoms with Crippen molar-refractivity contribution in [2.45, 2.75) is 19.5 Å². The lowest BCUT2D eigenvalue weighted by molar-refractivity contribution is -0.116. The summed E-state index contributed by atoms with van der Waals surface area (Å²) in [6.45, 7) is -1.95. The Morgan fingerprint density at radius 1 is 1.19 bits per heavy atom. The summed E-state index contributed by atoms with van der Waals surface area (Å²) >= 11 is 0. The van der Waals surface area contributed by atoms with Crippen LogP contribution in [0.4, 0.5) is 14.5 Å². The molecule has 1 atom stereocenters. The molecule has 1 aliphatic rings. The van der Waals surface area contributed by atoms with Crippen LogP contribution in [-0.4, -0.2) is 30.9 Å². The van der Waals surface area contributed by atoms with Gasteiger partial charge in [-0.1, -0.05) is 12.1 Å². The van der Waals surface area contributed by atoms with Gasteiger partial charge in [0.1, 0.15) is 11.3 Å². The number of alkyl halides is 2. The average molecular weight is 375 g/mol. The maximum atomic E-state index is 12.4. The predicted molar refractivity (Wildman–Crippen MR) is 91.2 cm³/mol. The highest BCUT2D eigenvalue weighted by molar-refractivity contribution is 6.05. The van der Waals surface area contributed by atoms with E-state index >= 15 is 0 Å². The number of benzene rings is 2. The van der Waals surface area contributed by atoms with Gasteiger partial charge >= 0.3 is 12.6 Å². The molecule has 0 unspecified atom stereocenters. The molecule has 27 heavy (non-hydrogen) atoms. The van der Waals surface area contributed by atoms with E-state index in [-0.39, 0.29) is 28.7 Å². The molecule has 0 aromatic heterocycles. The molecule has 1 N–H and O–H groups in total. The van der Waals surface area contributed by atoms with Crippen molar-refractivity contribution in [2.24, 2.45) is 0 Å². The molecule has 1 heterocycles. The van der Waals surface area contributed by atoms with Crippen LogP contribution >= 0.6 is 0 Å². The summed E-state index contributed by atoms with van der Waals surface area (Å²) in [5.41, 5.74) is 1.40. The largest absolute Gasteiger partial charge is 0.454 e. The molecule has 0 fully saturated rings. The molecule has 8 heteroatoms. The number of fused-ring (bicyclic) bond motifs is 1. The van der Waals surface area contributed by atoms with Gasteiger partial charge in [0.15, 0.2) is 12.4 Å². The SMILES string of the molecule is C[C@H]1C(=O)Nc2ccc(C(=O)COC(=O)c3ccccc3OC(F)F)cc21. The third-order valence-corrected chi connectivity index (χ3v) is 4.15. The molecule has 6 nitrogen and oxygen atoms in total. The van der Waals surface area contributed by atoms with Crippen LogP contribution < -0.4 is 10.1 Å². The Morgan fingerprint density at radius 2 is 1.93 bits per heavy atom. The van der Waals surface area contributed by atoms with E-state index in [1.807, 2.05) is 0 Å². The van der Waals surface area contributed by atoms with Crippen LogP contribution in [0, 0.1) is 0 Å². The van der Waals surface area contributed by atoms with Gasteiger partial charge < -0.3 is 14.8 Å². The molecule has 0 bridgehead atoms. The summed E-state index contributed by atoms with van der Waals surface area (Å²) < 4.78 is 34.0. The molecule has 140 valence electrons. The summed E-state index contributed by atoms with van der Waals surface area (Å²) in [7, 11) is 0. The lowest BCUT2D eigenvalue weighted by Gasteiger charge is -2.10. The molecule has 0 radical (unpaired) electrons. The Labute approximate surface area is 153 Å². The highest BCUT2D eigenvalue weighted by Gasteiger charge is 2.27. The first kappa shape index (κ1) is 18.5. The Hall–Kier alpha value is -3.29. The first-order valence-corrected chi connectivity index (χ1v) is 8.06. The quantitative estimate of drug-likeness (QED) is 0.618. The second kappa shape index (κ2) is 7.53. The van der Waals surface area contributed by atoms with Crippen LogP contribution in [0.5, 0.6) is 5.75 Å². The number of Topliss-reactive ketones (excluding diaryl/α,β-unsaturated/α-hetero) is 1. The first-order valence-electron chi connectivity index (χ1n) is 8.06. The van der Waals surface area contributed by atoms with E-state index in [9.17, 15) is 23.2 Å². The molecule has 2 aromatic carbocycles. The zero-order chi connectivity index (χ0) is 19.6. The number of hydrogen-bond acceptors (Lipinski definition) is 5. The van der Waals surface area contributed by atoms with Crippen molar-refractivity contribution in [1.29, 1.82) is 0 Å². The van der Waals surface area contributed by atoms with Gasteiger partial charge in [0.25, 0.3) is 0 Å². The monoisotopic (exact) mass is 375 g/mol. The van der Waals surface area contributed by atoms with Crippen molar-refractivity contribution >= 4 is 23.3 Å². The highest BCUT2D eigenvalue weighted by atomic mass is 19.3. The number of nitrogens with one attached hydrogen (secondary N) is 1. The van der Waals surface area contributed by atoms with E-state index < -0.39 is 25.0 Å². The van der Waals surface area contributed by atoms with Crippen molar-refractivity contribution < 1.29 is 32.6 Å². The molecule has 3 rings (SSSR count). The average Bonchev–Trinajstić information content (AvgIpc) is 2.93. The second-order valence-corrected chi connectivity index (χ2v) is 5.89. The second-order valence-electron chi connectivity index (χ2n) is 5.89. The normalized spacial score (nSPS) is 15.3. The Kier molecular flexibility index (Phi) is 5.16. The van der Waals surface area contributed by atoms with E-state index in [1.165, 1.54) is 30.3 Å². The molecule has 0 spiro atoms. The topological polar surface area (TPSA) is 81.7 Å². The third kappa shape index (κ3) is 3.94. The number of anilines is 1. The number of esters is 1. The zero-order valence-corrected chi connectivity index (χ0v) is 14.2. The number of ether oxygens (including phenoxy) is 2. The van der Waals surface area contributed by atoms with E-state index in [1.54, 1.807) is 19.1 Å². The van der Waals surface area contributed by atoms with E-state index in [2.05, 4.69) is 10.1 Å². The summed E-state index contributed by atoms with van der Waals surface area (Å²) in [6, 6.07) is 10.1. The van der Waals surface area contributed by atoms with Crippen LogP contribution in [0.15, 0.2) is 42.5 Å². The fraction of sp³-hybridized carbons (Fsp3) is 0.211. The molecule has 0 aliphatic carbocycles. The van der Waals surface area contributed by atoms with E-state index in [0.29, 0.717) is 11.3 Å². The lowest BCUT2D eigenvalue weighted by Crippen LogP contribution is -2.16. The van der Waals surface area contributed by atoms with Crippen LogP contribution in [0.3, 0.4) is 0 Å². The van der Waals surface area contributed by atoms with Gasteiger partial charge in [-0.15, -0.1) is 0 Å². The number of rotatable bonds is 6. The molecule has 1 amide bonds. The number of carbonyl (C=O) groups is 3. The van der Waals surface area contributed by atoms with Crippen molar-refractivity contribution in [3.05, 3.63) is 59.2 Å². The van der Waals surface area contributed by atoms with Gasteiger partial charge in [0, 0.05) is 11.3 Å². The van der Waals surface area contributed by atoms with Crippen LogP contribution in [0.25, 0.3) is 0 Å². The van der Waals surface area contributed by atoms with Crippen molar-refractivity contribution in [2.75, 3.05) is 11.9 Å². The van der Waals surface area contributed by atoms with Crippen molar-refractivity contribution in [3.8, 4) is 5.75 Å². The Balaban J connectivity index is 1.68. The Bertz CT molecular complexity index is 913. The maximum absolute atomic E-state index is 12.4. The number of ketones is 1. The number of hydrogen-bond donors (Lipinski definition) is 1. The van der Waals surface area contributed by atoms with Gasteiger partial charge in [-0.2, -0.15) is 8.78 Å². The molecular formula is C19H15F2NO5. The molecule has 2 aromatic rings. The lowest BCUT2D eigenvalue weighted by atomic mass is 9.99. The summed E-state index contributed by atoms with van der Waals surface area (Å²) in [4.78, 5) is 36.1. The number of halogens is 2. The predicted octanol–water partition coefficient (Wildman–Crippen LogP) is 3.38. The van der Waals surface area contributed by atoms with E-state index in [0.717, 1.165) is 0 Å². The first-order chi connectivity index (χ1) is 12.9. The molecule has 0 saturated carbocycles. The minimum absolute atomic E-state index is 0.156. The highest BCUT2D eigenvalue weighted by Crippen LogP contribution is 2.32. The van der Waals surface area contributed by atoms with Gasteiger partial charge in [-0.25, -0.2) is 4.79 Å². The number of amides is 1. The van der Waals surface area contributed by atoms with Crippen molar-refractivity contribution in [3.63, 3.8) is 0 Å². The number of para-hydroxylation sites is 1. The summed E-state index contributed by atoms with van der Waals surface area (Å²) in [5, 5.41) is 2.70. The van der Waals surface area contributed by atoms with E-state index in [4.69, 9.17) is 4.74 Å². The minimum atomic E-state index is -3.09. The summed E-state index contributed by atoms with van der Waals surface area (Å²) in [5.74, 6) is -2.30. The van der Waals surface area contributed by atoms with Crippen LogP contribution in [0.1, 0.15) is 39.1 Å². The fourth-order valence-electron chi connectivity index (χ4n) is 2.72. The van der Waals surface area contributed by atoms with Crippen LogP contribution in [0.2, 0.25) is 0 Å². The molecule has 0 saturated heterocycles. The Morgan fingerprint density at radius 3 is 2.67 bits per heavy atom. The standard InChI is InChI=1S/C19H15F2NO5/c1-10-13-8-11(6-7-14(13)22-17(10)24)15(23)9-26-18(25)12-4-2-3-5-16(12)27-19(20)21/h2-8,10,19H,9H2,1H3,(H,22,24)/t10-/m1/s1. The minimum Gasteiger partial charge on any atom is -0.454 e. The number of carbonyl (C=O) groups excluding carboxylic acids is 3. The van der Waals surface area contributed by atoms with Gasteiger partial charge in [0.05, 0.1) is 5.92 Å². The van der Waals surface area contributed by atoms with Crippen molar-refractivity contribution in [1.82, 2.24) is 0 Å². The molecule has 1 aliphatic heterocycles. The van der Waals surface area contributed by atoms with Gasteiger partial charge in [-0.05, 0) is 42.8 Å². The van der Waals surface area contributed by atoms with Gasteiger partial charge in [0.2, 0.25) is 5.91 Å². The smallest absolute Gasteiger partial charge is 0.387 e. The third-order valence-electron chi connectivity index (χ3n) is 4.15. The van der Waals surface area contributed by atoms with Gasteiger partial charge in [-0.3, -0.25) is 9.59 Å². The zero-order valence-electron chi connectivity index (χ0n) is 14.2. The fourth-order valence-corrected chi connectivity index (χ4v) is 2.72.